The zero-order chi connectivity index (χ0) is 15.3. The first kappa shape index (κ1) is 17.4. The minimum atomic E-state index is -0.484. The van der Waals surface area contributed by atoms with E-state index < -0.39 is 6.10 Å². The van der Waals surface area contributed by atoms with E-state index in [4.69, 9.17) is 14.2 Å². The maximum absolute atomic E-state index is 11.9. The highest BCUT2D eigenvalue weighted by Gasteiger charge is 2.43. The number of aliphatic hydroxyl groups is 1. The SMILES string of the molecule is CCC1OC(OC)C(C)C(OC(=O)CCC(C)O)C1C. The number of ether oxygens (including phenoxy) is 3. The van der Waals surface area contributed by atoms with Gasteiger partial charge in [-0.05, 0) is 19.8 Å². The Morgan fingerprint density at radius 1 is 1.35 bits per heavy atom. The number of hydrogen-bond donors (Lipinski definition) is 1. The van der Waals surface area contributed by atoms with Gasteiger partial charge < -0.3 is 19.3 Å². The van der Waals surface area contributed by atoms with Crippen LogP contribution in [0.25, 0.3) is 0 Å². The van der Waals surface area contributed by atoms with Crippen LogP contribution in [-0.2, 0) is 19.0 Å². The number of rotatable bonds is 6. The van der Waals surface area contributed by atoms with Gasteiger partial charge in [0.25, 0.3) is 0 Å². The van der Waals surface area contributed by atoms with Gasteiger partial charge in [0, 0.05) is 25.4 Å². The predicted molar refractivity (Wildman–Crippen MR) is 75.1 cm³/mol. The molecule has 0 saturated carbocycles. The normalized spacial score (nSPS) is 35.6. The van der Waals surface area contributed by atoms with E-state index in [1.807, 2.05) is 13.8 Å². The molecule has 1 saturated heterocycles. The van der Waals surface area contributed by atoms with Crippen molar-refractivity contribution in [3.05, 3.63) is 0 Å². The third-order valence-corrected chi connectivity index (χ3v) is 4.03. The van der Waals surface area contributed by atoms with Gasteiger partial charge in [0.2, 0.25) is 0 Å². The van der Waals surface area contributed by atoms with E-state index in [9.17, 15) is 9.90 Å². The molecule has 0 radical (unpaired) electrons. The number of methoxy groups -OCH3 is 1. The highest BCUT2D eigenvalue weighted by molar-refractivity contribution is 5.69. The first-order chi connectivity index (χ1) is 9.40. The zero-order valence-electron chi connectivity index (χ0n) is 13.2. The maximum atomic E-state index is 11.9. The second kappa shape index (κ2) is 7.96. The van der Waals surface area contributed by atoms with Gasteiger partial charge in [-0.25, -0.2) is 0 Å². The van der Waals surface area contributed by atoms with Crippen LogP contribution in [0.4, 0.5) is 0 Å². The summed E-state index contributed by atoms with van der Waals surface area (Å²) < 4.78 is 16.8. The van der Waals surface area contributed by atoms with Gasteiger partial charge in [-0.15, -0.1) is 0 Å². The fraction of sp³-hybridized carbons (Fsp3) is 0.933. The van der Waals surface area contributed by atoms with Crippen molar-refractivity contribution in [3.63, 3.8) is 0 Å². The van der Waals surface area contributed by atoms with Crippen LogP contribution in [-0.4, -0.2) is 42.8 Å². The zero-order valence-corrected chi connectivity index (χ0v) is 13.2. The fourth-order valence-corrected chi connectivity index (χ4v) is 2.76. The van der Waals surface area contributed by atoms with Gasteiger partial charge in [0.1, 0.15) is 6.10 Å². The lowest BCUT2D eigenvalue weighted by atomic mass is 9.84. The fourth-order valence-electron chi connectivity index (χ4n) is 2.76. The van der Waals surface area contributed by atoms with Crippen molar-refractivity contribution in [3.8, 4) is 0 Å². The molecular weight excluding hydrogens is 260 g/mol. The summed E-state index contributed by atoms with van der Waals surface area (Å²) in [5.41, 5.74) is 0. The van der Waals surface area contributed by atoms with Crippen molar-refractivity contribution in [2.75, 3.05) is 7.11 Å². The van der Waals surface area contributed by atoms with Gasteiger partial charge in [0.15, 0.2) is 6.29 Å². The number of carbonyl (C=O) groups is 1. The Morgan fingerprint density at radius 3 is 2.50 bits per heavy atom. The van der Waals surface area contributed by atoms with Crippen LogP contribution in [0.1, 0.15) is 47.0 Å². The molecule has 0 amide bonds. The monoisotopic (exact) mass is 288 g/mol. The molecule has 0 aliphatic carbocycles. The minimum absolute atomic E-state index is 0.00620. The summed E-state index contributed by atoms with van der Waals surface area (Å²) in [5.74, 6) is -0.133. The molecule has 1 aliphatic heterocycles. The van der Waals surface area contributed by atoms with Gasteiger partial charge in [-0.3, -0.25) is 4.79 Å². The van der Waals surface area contributed by atoms with E-state index in [0.717, 1.165) is 6.42 Å². The molecule has 0 aromatic rings. The molecular formula is C15H28O5. The van der Waals surface area contributed by atoms with E-state index in [1.54, 1.807) is 14.0 Å². The Morgan fingerprint density at radius 2 is 2.00 bits per heavy atom. The van der Waals surface area contributed by atoms with Crippen LogP contribution in [0.3, 0.4) is 0 Å². The van der Waals surface area contributed by atoms with Crippen LogP contribution in [0.2, 0.25) is 0 Å². The average molecular weight is 288 g/mol. The van der Waals surface area contributed by atoms with E-state index in [-0.39, 0.29) is 42.7 Å². The van der Waals surface area contributed by atoms with Crippen molar-refractivity contribution < 1.29 is 24.1 Å². The Labute approximate surface area is 121 Å². The molecule has 1 heterocycles. The van der Waals surface area contributed by atoms with E-state index in [2.05, 4.69) is 6.92 Å². The Kier molecular flexibility index (Phi) is 6.92. The van der Waals surface area contributed by atoms with Crippen LogP contribution < -0.4 is 0 Å². The molecule has 1 fully saturated rings. The lowest BCUT2D eigenvalue weighted by Crippen LogP contribution is -2.51. The van der Waals surface area contributed by atoms with Gasteiger partial charge in [0.05, 0.1) is 12.2 Å². The Balaban J connectivity index is 2.65. The molecule has 1 rings (SSSR count). The number of aliphatic hydroxyl groups excluding tert-OH is 1. The maximum Gasteiger partial charge on any atom is 0.306 e. The third-order valence-electron chi connectivity index (χ3n) is 4.03. The molecule has 1 aliphatic rings. The summed E-state index contributed by atoms with van der Waals surface area (Å²) in [7, 11) is 1.61. The lowest BCUT2D eigenvalue weighted by molar-refractivity contribution is -0.257. The first-order valence-corrected chi connectivity index (χ1v) is 7.46. The van der Waals surface area contributed by atoms with Crippen molar-refractivity contribution in [2.45, 2.75) is 71.6 Å². The quantitative estimate of drug-likeness (QED) is 0.758. The molecule has 5 heteroatoms. The molecule has 118 valence electrons. The van der Waals surface area contributed by atoms with Crippen LogP contribution >= 0.6 is 0 Å². The molecule has 5 nitrogen and oxygen atoms in total. The number of esters is 1. The topological polar surface area (TPSA) is 65.0 Å². The molecule has 6 unspecified atom stereocenters. The summed E-state index contributed by atoms with van der Waals surface area (Å²) in [6.07, 6.45) is 0.521. The molecule has 20 heavy (non-hydrogen) atoms. The Hall–Kier alpha value is -0.650. The number of carbonyl (C=O) groups excluding carboxylic acids is 1. The molecule has 0 spiro atoms. The average Bonchev–Trinajstić information content (AvgIpc) is 2.41. The third kappa shape index (κ3) is 4.43. The van der Waals surface area contributed by atoms with E-state index in [1.165, 1.54) is 0 Å². The van der Waals surface area contributed by atoms with E-state index >= 15 is 0 Å². The largest absolute Gasteiger partial charge is 0.461 e. The van der Waals surface area contributed by atoms with Gasteiger partial charge in [-0.1, -0.05) is 20.8 Å². The van der Waals surface area contributed by atoms with Gasteiger partial charge in [-0.2, -0.15) is 0 Å². The van der Waals surface area contributed by atoms with Crippen LogP contribution in [0.5, 0.6) is 0 Å². The summed E-state index contributed by atoms with van der Waals surface area (Å²) in [6.45, 7) is 7.74. The highest BCUT2D eigenvalue weighted by Crippen LogP contribution is 2.34. The van der Waals surface area contributed by atoms with Crippen LogP contribution in [0.15, 0.2) is 0 Å². The summed E-state index contributed by atoms with van der Waals surface area (Å²) in [5, 5.41) is 9.22. The lowest BCUT2D eigenvalue weighted by Gasteiger charge is -2.43. The second-order valence-corrected chi connectivity index (χ2v) is 5.75. The summed E-state index contributed by atoms with van der Waals surface area (Å²) in [4.78, 5) is 11.9. The standard InChI is InChI=1S/C15H28O5/c1-6-12-10(3)14(11(4)15(18-5)19-12)20-13(17)8-7-9(2)16/h9-12,14-16H,6-8H2,1-5H3. The van der Waals surface area contributed by atoms with Crippen molar-refractivity contribution in [1.82, 2.24) is 0 Å². The Bertz CT molecular complexity index is 289. The number of hydrogen-bond acceptors (Lipinski definition) is 5. The van der Waals surface area contributed by atoms with E-state index in [0.29, 0.717) is 6.42 Å². The molecule has 6 atom stereocenters. The molecule has 0 bridgehead atoms. The molecule has 1 N–H and O–H groups in total. The van der Waals surface area contributed by atoms with Crippen molar-refractivity contribution >= 4 is 5.97 Å². The molecule has 0 aromatic heterocycles. The van der Waals surface area contributed by atoms with Crippen LogP contribution in [0, 0.1) is 11.8 Å². The predicted octanol–water partition coefficient (Wildman–Crippen LogP) is 2.11. The van der Waals surface area contributed by atoms with Crippen molar-refractivity contribution in [2.24, 2.45) is 11.8 Å². The van der Waals surface area contributed by atoms with Crippen molar-refractivity contribution in [1.29, 1.82) is 0 Å². The summed E-state index contributed by atoms with van der Waals surface area (Å²) in [6, 6.07) is 0. The smallest absolute Gasteiger partial charge is 0.306 e. The van der Waals surface area contributed by atoms with Gasteiger partial charge >= 0.3 is 5.97 Å². The summed E-state index contributed by atoms with van der Waals surface area (Å²) >= 11 is 0. The first-order valence-electron chi connectivity index (χ1n) is 7.46. The second-order valence-electron chi connectivity index (χ2n) is 5.75. The minimum Gasteiger partial charge on any atom is -0.461 e. The molecule has 0 aromatic carbocycles. The highest BCUT2D eigenvalue weighted by atomic mass is 16.7.